The van der Waals surface area contributed by atoms with E-state index in [4.69, 9.17) is 0 Å². The molecule has 5 heteroatoms. The first-order valence-corrected chi connectivity index (χ1v) is 11.9. The number of nitrogens with zero attached hydrogens (tertiary/aromatic N) is 3. The number of aliphatic hydroxyl groups excluding tert-OH is 1. The second-order valence-corrected chi connectivity index (χ2v) is 9.41. The molecule has 2 aromatic rings. The van der Waals surface area contributed by atoms with Crippen molar-refractivity contribution in [1.82, 2.24) is 14.8 Å². The molecule has 2 aliphatic heterocycles. The maximum absolute atomic E-state index is 13.2. The van der Waals surface area contributed by atoms with E-state index in [2.05, 4.69) is 39.0 Å². The van der Waals surface area contributed by atoms with Gasteiger partial charge in [-0.25, -0.2) is 0 Å². The summed E-state index contributed by atoms with van der Waals surface area (Å²) < 4.78 is 0. The molecule has 3 aliphatic rings. The quantitative estimate of drug-likeness (QED) is 0.821. The van der Waals surface area contributed by atoms with Crippen LogP contribution in [0, 0.1) is 5.92 Å². The second kappa shape index (κ2) is 9.09. The van der Waals surface area contributed by atoms with Crippen molar-refractivity contribution in [3.05, 3.63) is 54.4 Å². The number of carbonyl (C=O) groups excluding carboxylic acids is 1. The first kappa shape index (κ1) is 20.7. The first-order valence-electron chi connectivity index (χ1n) is 11.9. The molecule has 31 heavy (non-hydrogen) atoms. The molecule has 5 rings (SSSR count). The highest BCUT2D eigenvalue weighted by molar-refractivity contribution is 5.79. The zero-order valence-corrected chi connectivity index (χ0v) is 18.2. The van der Waals surface area contributed by atoms with E-state index in [9.17, 15) is 9.90 Å². The Balaban J connectivity index is 1.36. The number of aliphatic hydroxyl groups is 1. The Morgan fingerprint density at radius 1 is 0.935 bits per heavy atom. The largest absolute Gasteiger partial charge is 0.395 e. The topological polar surface area (TPSA) is 56.7 Å². The molecular weight excluding hydrogens is 386 g/mol. The van der Waals surface area contributed by atoms with E-state index < -0.39 is 0 Å². The number of fused-ring (bicyclic) bond motifs is 1. The van der Waals surface area contributed by atoms with Crippen molar-refractivity contribution < 1.29 is 9.90 Å². The smallest absolute Gasteiger partial charge is 0.225 e. The number of benzene rings is 1. The van der Waals surface area contributed by atoms with Gasteiger partial charge in [0.1, 0.15) is 0 Å². The van der Waals surface area contributed by atoms with Crippen molar-refractivity contribution in [2.45, 2.75) is 56.5 Å². The van der Waals surface area contributed by atoms with Gasteiger partial charge in [-0.15, -0.1) is 0 Å². The van der Waals surface area contributed by atoms with Crippen LogP contribution in [0.15, 0.2) is 48.8 Å². The molecular formula is C26H33N3O2. The molecule has 1 aliphatic carbocycles. The lowest BCUT2D eigenvalue weighted by Gasteiger charge is -2.57. The van der Waals surface area contributed by atoms with Crippen LogP contribution in [0.25, 0.3) is 11.1 Å². The summed E-state index contributed by atoms with van der Waals surface area (Å²) in [5.41, 5.74) is 3.61. The van der Waals surface area contributed by atoms with E-state index in [0.717, 1.165) is 50.9 Å². The maximum Gasteiger partial charge on any atom is 0.225 e. The van der Waals surface area contributed by atoms with Gasteiger partial charge >= 0.3 is 0 Å². The molecule has 3 heterocycles. The number of aromatic nitrogens is 1. The van der Waals surface area contributed by atoms with E-state index in [0.29, 0.717) is 11.9 Å². The zero-order chi connectivity index (χ0) is 21.2. The van der Waals surface area contributed by atoms with Crippen LogP contribution >= 0.6 is 0 Å². The second-order valence-electron chi connectivity index (χ2n) is 9.41. The molecule has 0 spiro atoms. The van der Waals surface area contributed by atoms with Gasteiger partial charge < -0.3 is 10.0 Å². The number of hydrogen-bond acceptors (Lipinski definition) is 4. The molecule has 3 fully saturated rings. The molecule has 5 nitrogen and oxygen atoms in total. The first-order chi connectivity index (χ1) is 15.3. The van der Waals surface area contributed by atoms with Gasteiger partial charge in [0.05, 0.1) is 6.61 Å². The van der Waals surface area contributed by atoms with E-state index in [-0.39, 0.29) is 24.5 Å². The van der Waals surface area contributed by atoms with Gasteiger partial charge in [-0.3, -0.25) is 14.7 Å². The van der Waals surface area contributed by atoms with Crippen LogP contribution in [0.2, 0.25) is 0 Å². The summed E-state index contributed by atoms with van der Waals surface area (Å²) in [6.07, 6.45) is 10.3. The predicted octanol–water partition coefficient (Wildman–Crippen LogP) is 3.69. The molecule has 1 N–H and O–H groups in total. The highest BCUT2D eigenvalue weighted by Crippen LogP contribution is 2.42. The summed E-state index contributed by atoms with van der Waals surface area (Å²) in [5.74, 6) is 0.881. The van der Waals surface area contributed by atoms with E-state index in [1.165, 1.54) is 24.0 Å². The summed E-state index contributed by atoms with van der Waals surface area (Å²) in [4.78, 5) is 21.9. The summed E-state index contributed by atoms with van der Waals surface area (Å²) in [5, 5.41) is 10.2. The molecule has 0 unspecified atom stereocenters. The highest BCUT2D eigenvalue weighted by Gasteiger charge is 2.49. The van der Waals surface area contributed by atoms with Crippen molar-refractivity contribution in [3.8, 4) is 11.1 Å². The molecule has 1 saturated carbocycles. The van der Waals surface area contributed by atoms with Crippen molar-refractivity contribution in [2.24, 2.45) is 5.92 Å². The van der Waals surface area contributed by atoms with E-state index >= 15 is 0 Å². The predicted molar refractivity (Wildman–Crippen MR) is 122 cm³/mol. The van der Waals surface area contributed by atoms with Gasteiger partial charge in [-0.2, -0.15) is 0 Å². The average Bonchev–Trinajstić information content (AvgIpc) is 3.34. The molecule has 1 aromatic heterocycles. The lowest BCUT2D eigenvalue weighted by atomic mass is 9.74. The van der Waals surface area contributed by atoms with E-state index in [1.54, 1.807) is 0 Å². The third-order valence-electron chi connectivity index (χ3n) is 7.70. The van der Waals surface area contributed by atoms with Crippen LogP contribution in [0.3, 0.4) is 0 Å². The maximum atomic E-state index is 13.2. The van der Waals surface area contributed by atoms with Crippen molar-refractivity contribution >= 4 is 5.91 Å². The summed E-state index contributed by atoms with van der Waals surface area (Å²) in [7, 11) is 0. The van der Waals surface area contributed by atoms with Gasteiger partial charge in [0.15, 0.2) is 0 Å². The Bertz CT molecular complexity index is 879. The van der Waals surface area contributed by atoms with Gasteiger partial charge in [-0.05, 0) is 61.1 Å². The van der Waals surface area contributed by atoms with Crippen molar-refractivity contribution in [2.75, 3.05) is 26.2 Å². The average molecular weight is 420 g/mol. The zero-order valence-electron chi connectivity index (χ0n) is 18.2. The monoisotopic (exact) mass is 419 g/mol. The Morgan fingerprint density at radius 2 is 1.61 bits per heavy atom. The minimum atomic E-state index is 0.151. The number of hydrogen-bond donors (Lipinski definition) is 1. The lowest BCUT2D eigenvalue weighted by molar-refractivity contribution is -0.140. The van der Waals surface area contributed by atoms with Crippen LogP contribution in [-0.4, -0.2) is 64.1 Å². The van der Waals surface area contributed by atoms with Crippen molar-refractivity contribution in [3.63, 3.8) is 0 Å². The van der Waals surface area contributed by atoms with Gasteiger partial charge in [0, 0.05) is 49.4 Å². The summed E-state index contributed by atoms with van der Waals surface area (Å²) >= 11 is 0. The number of rotatable bonds is 4. The third kappa shape index (κ3) is 4.01. The minimum absolute atomic E-state index is 0.151. The van der Waals surface area contributed by atoms with E-state index in [1.807, 2.05) is 24.5 Å². The van der Waals surface area contributed by atoms with Gasteiger partial charge in [-0.1, -0.05) is 37.1 Å². The standard InChI is InChI=1S/C26H33N3O2/c30-18-24-25(21-9-7-19(8-10-21)20-11-13-27-14-12-20)23-17-28(15-3-4-16-29(23)24)26(31)22-5-1-2-6-22/h7-14,22-25,30H,1-6,15-18H2/t23-,24+,25+/m1/s1. The SMILES string of the molecule is O=C(C1CCCC1)N1CCCCN2[C@H](C1)[C@H](c1ccc(-c3ccncc3)cc1)[C@@H]2CO. The van der Waals surface area contributed by atoms with Crippen LogP contribution in [0.4, 0.5) is 0 Å². The Kier molecular flexibility index (Phi) is 6.06. The number of carbonyl (C=O) groups is 1. The van der Waals surface area contributed by atoms with Crippen LogP contribution in [0.5, 0.6) is 0 Å². The molecule has 3 atom stereocenters. The molecule has 1 aromatic carbocycles. The number of amides is 1. The fraction of sp³-hybridized carbons (Fsp3) is 0.538. The van der Waals surface area contributed by atoms with Gasteiger partial charge in [0.25, 0.3) is 0 Å². The summed E-state index contributed by atoms with van der Waals surface area (Å²) in [6.45, 7) is 2.87. The Morgan fingerprint density at radius 3 is 2.32 bits per heavy atom. The minimum Gasteiger partial charge on any atom is -0.395 e. The number of pyridine rings is 1. The third-order valence-corrected chi connectivity index (χ3v) is 7.70. The Hall–Kier alpha value is -2.24. The highest BCUT2D eigenvalue weighted by atomic mass is 16.3. The lowest BCUT2D eigenvalue weighted by Crippen LogP contribution is -2.68. The fourth-order valence-electron chi connectivity index (χ4n) is 6.01. The fourth-order valence-corrected chi connectivity index (χ4v) is 6.01. The van der Waals surface area contributed by atoms with Crippen LogP contribution in [-0.2, 0) is 4.79 Å². The van der Waals surface area contributed by atoms with Crippen molar-refractivity contribution in [1.29, 1.82) is 0 Å². The molecule has 1 amide bonds. The Labute approximate surface area is 185 Å². The van der Waals surface area contributed by atoms with Crippen LogP contribution < -0.4 is 0 Å². The normalized spacial score (nSPS) is 27.3. The van der Waals surface area contributed by atoms with Crippen LogP contribution in [0.1, 0.15) is 50.0 Å². The van der Waals surface area contributed by atoms with Gasteiger partial charge in [0.2, 0.25) is 5.91 Å². The molecule has 0 radical (unpaired) electrons. The molecule has 2 saturated heterocycles. The summed E-state index contributed by atoms with van der Waals surface area (Å²) in [6, 6.07) is 13.3. The molecule has 0 bridgehead atoms. The molecule has 164 valence electrons.